The first-order valence-electron chi connectivity index (χ1n) is 6.01. The van der Waals surface area contributed by atoms with E-state index in [4.69, 9.17) is 4.74 Å². The van der Waals surface area contributed by atoms with E-state index in [-0.39, 0.29) is 16.4 Å². The lowest BCUT2D eigenvalue weighted by Gasteiger charge is -2.21. The van der Waals surface area contributed by atoms with Crippen LogP contribution in [0.5, 0.6) is 0 Å². The summed E-state index contributed by atoms with van der Waals surface area (Å²) in [7, 11) is 3.24. The molecule has 1 aromatic carbocycles. The van der Waals surface area contributed by atoms with Crippen LogP contribution in [0.4, 0.5) is 5.69 Å². The summed E-state index contributed by atoms with van der Waals surface area (Å²) in [5.74, 6) is -0.244. The zero-order valence-electron chi connectivity index (χ0n) is 11.6. The number of halogens is 1. The van der Waals surface area contributed by atoms with Crippen LogP contribution >= 0.6 is 15.9 Å². The molecule has 0 bridgehead atoms. The van der Waals surface area contributed by atoms with Gasteiger partial charge in [0, 0.05) is 37.9 Å². The first-order chi connectivity index (χ1) is 9.38. The summed E-state index contributed by atoms with van der Waals surface area (Å²) in [6.45, 7) is 2.51. The van der Waals surface area contributed by atoms with Crippen LogP contribution in [-0.2, 0) is 4.74 Å². The van der Waals surface area contributed by atoms with Gasteiger partial charge in [0.1, 0.15) is 0 Å². The lowest BCUT2D eigenvalue weighted by atomic mass is 10.1. The highest BCUT2D eigenvalue weighted by Gasteiger charge is 2.21. The monoisotopic (exact) mass is 344 g/mol. The Balaban J connectivity index is 2.92. The molecule has 1 atom stereocenters. The van der Waals surface area contributed by atoms with Crippen LogP contribution in [-0.4, -0.2) is 47.9 Å². The molecular weight excluding hydrogens is 328 g/mol. The van der Waals surface area contributed by atoms with Gasteiger partial charge in [-0.05, 0) is 13.0 Å². The molecule has 0 spiro atoms. The number of carbonyl (C=O) groups is 1. The van der Waals surface area contributed by atoms with E-state index in [0.717, 1.165) is 0 Å². The molecule has 0 saturated heterocycles. The summed E-state index contributed by atoms with van der Waals surface area (Å²) in [5, 5.41) is 10.9. The van der Waals surface area contributed by atoms with Crippen molar-refractivity contribution in [3.63, 3.8) is 0 Å². The molecule has 0 N–H and O–H groups in total. The molecule has 0 aromatic heterocycles. The molecule has 1 unspecified atom stereocenters. The van der Waals surface area contributed by atoms with Crippen molar-refractivity contribution >= 4 is 27.5 Å². The number of alkyl halides is 1. The standard InChI is InChI=1S/C13H17BrN2O4/c1-9-11(5-4-6-12(9)16(18)19)13(17)15(2)7-10(14)8-20-3/h4-6,10H,7-8H2,1-3H3. The highest BCUT2D eigenvalue weighted by atomic mass is 79.9. The van der Waals surface area contributed by atoms with Crippen LogP contribution in [0.2, 0.25) is 0 Å². The minimum Gasteiger partial charge on any atom is -0.383 e. The summed E-state index contributed by atoms with van der Waals surface area (Å²) in [5.41, 5.74) is 0.683. The second-order valence-electron chi connectivity index (χ2n) is 4.45. The third-order valence-electron chi connectivity index (χ3n) is 2.90. The summed E-state index contributed by atoms with van der Waals surface area (Å²) in [6.07, 6.45) is 0. The molecule has 0 saturated carbocycles. The van der Waals surface area contributed by atoms with Crippen molar-refractivity contribution in [2.75, 3.05) is 27.3 Å². The Bertz CT molecular complexity index is 507. The summed E-state index contributed by atoms with van der Waals surface area (Å²) < 4.78 is 4.99. The number of methoxy groups -OCH3 is 1. The van der Waals surface area contributed by atoms with Crippen molar-refractivity contribution < 1.29 is 14.5 Å². The Morgan fingerprint density at radius 3 is 2.75 bits per heavy atom. The fourth-order valence-corrected chi connectivity index (χ4v) is 2.57. The number of nitro benzene ring substituents is 1. The van der Waals surface area contributed by atoms with Gasteiger partial charge in [-0.15, -0.1) is 0 Å². The second kappa shape index (κ2) is 7.35. The maximum Gasteiger partial charge on any atom is 0.273 e. The van der Waals surface area contributed by atoms with Crippen LogP contribution < -0.4 is 0 Å². The molecule has 1 aromatic rings. The van der Waals surface area contributed by atoms with Crippen LogP contribution in [0, 0.1) is 17.0 Å². The van der Waals surface area contributed by atoms with E-state index in [1.54, 1.807) is 27.1 Å². The Morgan fingerprint density at radius 2 is 2.20 bits per heavy atom. The summed E-state index contributed by atoms with van der Waals surface area (Å²) >= 11 is 3.41. The van der Waals surface area contributed by atoms with Gasteiger partial charge in [0.2, 0.25) is 0 Å². The zero-order valence-corrected chi connectivity index (χ0v) is 13.2. The van der Waals surface area contributed by atoms with E-state index in [1.165, 1.54) is 17.0 Å². The average Bonchev–Trinajstić information content (AvgIpc) is 2.38. The Labute approximate surface area is 126 Å². The van der Waals surface area contributed by atoms with E-state index < -0.39 is 4.92 Å². The summed E-state index contributed by atoms with van der Waals surface area (Å²) in [6, 6.07) is 4.51. The van der Waals surface area contributed by atoms with Crippen molar-refractivity contribution in [1.29, 1.82) is 0 Å². The van der Waals surface area contributed by atoms with Crippen molar-refractivity contribution in [2.24, 2.45) is 0 Å². The van der Waals surface area contributed by atoms with Crippen molar-refractivity contribution in [3.05, 3.63) is 39.4 Å². The molecule has 110 valence electrons. The molecular formula is C13H17BrN2O4. The van der Waals surface area contributed by atoms with Gasteiger partial charge in [-0.2, -0.15) is 0 Å². The first-order valence-corrected chi connectivity index (χ1v) is 6.92. The topological polar surface area (TPSA) is 72.7 Å². The largest absolute Gasteiger partial charge is 0.383 e. The fraction of sp³-hybridized carbons (Fsp3) is 0.462. The maximum atomic E-state index is 12.3. The van der Waals surface area contributed by atoms with Gasteiger partial charge in [0.05, 0.1) is 16.4 Å². The zero-order chi connectivity index (χ0) is 15.3. The van der Waals surface area contributed by atoms with Crippen molar-refractivity contribution in [3.8, 4) is 0 Å². The number of carbonyl (C=O) groups excluding carboxylic acids is 1. The quantitative estimate of drug-likeness (QED) is 0.451. The van der Waals surface area contributed by atoms with Gasteiger partial charge in [-0.1, -0.05) is 22.0 Å². The minimum atomic E-state index is -0.482. The number of hydrogen-bond donors (Lipinski definition) is 0. The Kier molecular flexibility index (Phi) is 6.09. The molecule has 0 radical (unpaired) electrons. The van der Waals surface area contributed by atoms with Crippen molar-refractivity contribution in [2.45, 2.75) is 11.8 Å². The van der Waals surface area contributed by atoms with E-state index in [0.29, 0.717) is 24.3 Å². The van der Waals surface area contributed by atoms with E-state index in [2.05, 4.69) is 15.9 Å². The number of benzene rings is 1. The highest BCUT2D eigenvalue weighted by molar-refractivity contribution is 9.09. The number of hydrogen-bond acceptors (Lipinski definition) is 4. The second-order valence-corrected chi connectivity index (χ2v) is 5.74. The Hall–Kier alpha value is -1.47. The highest BCUT2D eigenvalue weighted by Crippen LogP contribution is 2.22. The van der Waals surface area contributed by atoms with Crippen LogP contribution in [0.3, 0.4) is 0 Å². The van der Waals surface area contributed by atoms with E-state index in [1.807, 2.05) is 0 Å². The third-order valence-corrected chi connectivity index (χ3v) is 3.45. The SMILES string of the molecule is COCC(Br)CN(C)C(=O)c1cccc([N+](=O)[O-])c1C. The molecule has 6 nitrogen and oxygen atoms in total. The average molecular weight is 345 g/mol. The van der Waals surface area contributed by atoms with Gasteiger partial charge < -0.3 is 9.64 Å². The molecule has 1 rings (SSSR count). The number of rotatable bonds is 6. The number of amides is 1. The molecule has 0 aliphatic carbocycles. The predicted molar refractivity (Wildman–Crippen MR) is 79.4 cm³/mol. The molecule has 1 amide bonds. The fourth-order valence-electron chi connectivity index (χ4n) is 1.87. The van der Waals surface area contributed by atoms with Crippen molar-refractivity contribution in [1.82, 2.24) is 4.90 Å². The first kappa shape index (κ1) is 16.6. The van der Waals surface area contributed by atoms with Crippen LogP contribution in [0.15, 0.2) is 18.2 Å². The molecule has 20 heavy (non-hydrogen) atoms. The molecule has 0 aliphatic heterocycles. The predicted octanol–water partition coefficient (Wildman–Crippen LogP) is 2.39. The number of nitro groups is 1. The van der Waals surface area contributed by atoms with Gasteiger partial charge in [-0.3, -0.25) is 14.9 Å². The normalized spacial score (nSPS) is 12.0. The number of ether oxygens (including phenoxy) is 1. The van der Waals surface area contributed by atoms with Crippen LogP contribution in [0.1, 0.15) is 15.9 Å². The van der Waals surface area contributed by atoms with Gasteiger partial charge in [0.25, 0.3) is 11.6 Å². The lowest BCUT2D eigenvalue weighted by molar-refractivity contribution is -0.385. The third kappa shape index (κ3) is 4.01. The van der Waals surface area contributed by atoms with E-state index >= 15 is 0 Å². The summed E-state index contributed by atoms with van der Waals surface area (Å²) in [4.78, 5) is 24.3. The van der Waals surface area contributed by atoms with Crippen LogP contribution in [0.25, 0.3) is 0 Å². The molecule has 7 heteroatoms. The maximum absolute atomic E-state index is 12.3. The number of nitrogens with zero attached hydrogens (tertiary/aromatic N) is 2. The van der Waals surface area contributed by atoms with Gasteiger partial charge >= 0.3 is 0 Å². The minimum absolute atomic E-state index is 0.0143. The molecule has 0 heterocycles. The van der Waals surface area contributed by atoms with Gasteiger partial charge in [0.15, 0.2) is 0 Å². The van der Waals surface area contributed by atoms with E-state index in [9.17, 15) is 14.9 Å². The smallest absolute Gasteiger partial charge is 0.273 e. The molecule has 0 fully saturated rings. The van der Waals surface area contributed by atoms with Gasteiger partial charge in [-0.25, -0.2) is 0 Å². The Morgan fingerprint density at radius 1 is 1.55 bits per heavy atom. The molecule has 0 aliphatic rings. The lowest BCUT2D eigenvalue weighted by Crippen LogP contribution is -2.34.